The van der Waals surface area contributed by atoms with E-state index in [1.54, 1.807) is 23.7 Å². The van der Waals surface area contributed by atoms with Gasteiger partial charge < -0.3 is 10.6 Å². The second-order valence-corrected chi connectivity index (χ2v) is 8.63. The Kier molecular flexibility index (Phi) is 5.97. The van der Waals surface area contributed by atoms with Crippen LogP contribution in [0.15, 0.2) is 54.9 Å². The minimum atomic E-state index is -0.0667. The Hall–Kier alpha value is -2.96. The second kappa shape index (κ2) is 8.81. The van der Waals surface area contributed by atoms with Gasteiger partial charge in [0.05, 0.1) is 5.39 Å². The Bertz CT molecular complexity index is 1210. The molecule has 2 heterocycles. The molecule has 5 nitrogen and oxygen atoms in total. The molecule has 7 heteroatoms. The highest BCUT2D eigenvalue weighted by molar-refractivity contribution is 7.19. The average molecular weight is 437 g/mol. The van der Waals surface area contributed by atoms with Crippen molar-refractivity contribution in [3.8, 4) is 11.1 Å². The van der Waals surface area contributed by atoms with Gasteiger partial charge in [0.25, 0.3) is 0 Å². The molecular weight excluding hydrogens is 416 g/mol. The van der Waals surface area contributed by atoms with E-state index >= 15 is 0 Å². The van der Waals surface area contributed by atoms with Crippen LogP contribution >= 0.6 is 22.9 Å². The molecule has 0 aliphatic rings. The summed E-state index contributed by atoms with van der Waals surface area (Å²) >= 11 is 7.63. The molecule has 2 aromatic heterocycles. The number of carbonyl (C=O) groups excluding carboxylic acids is 1. The van der Waals surface area contributed by atoms with E-state index in [1.807, 2.05) is 37.3 Å². The first kappa shape index (κ1) is 20.3. The molecule has 0 aliphatic heterocycles. The van der Waals surface area contributed by atoms with Crippen molar-refractivity contribution in [1.82, 2.24) is 9.97 Å². The number of fused-ring (bicyclic) bond motifs is 1. The molecule has 0 unspecified atom stereocenters. The van der Waals surface area contributed by atoms with Gasteiger partial charge in [-0.15, -0.1) is 11.3 Å². The molecule has 4 rings (SSSR count). The number of nitrogens with one attached hydrogen (secondary N) is 2. The molecule has 0 saturated carbocycles. The Labute approximate surface area is 184 Å². The zero-order valence-corrected chi connectivity index (χ0v) is 18.3. The van der Waals surface area contributed by atoms with Crippen molar-refractivity contribution in [2.45, 2.75) is 20.3 Å². The molecule has 152 valence electrons. The maximum atomic E-state index is 12.4. The molecule has 2 N–H and O–H groups in total. The normalized spacial score (nSPS) is 10.9. The lowest BCUT2D eigenvalue weighted by molar-refractivity contribution is -0.115. The number of hydrogen-bond donors (Lipinski definition) is 2. The SMILES string of the molecule is Cc1cc(Cl)ccc1NC(=O)CCNc1ncnc2sc(C)c(-c3ccccc3)c12. The van der Waals surface area contributed by atoms with Gasteiger partial charge in [-0.25, -0.2) is 9.97 Å². The maximum absolute atomic E-state index is 12.4. The number of amides is 1. The highest BCUT2D eigenvalue weighted by Gasteiger charge is 2.16. The fourth-order valence-corrected chi connectivity index (χ4v) is 4.64. The van der Waals surface area contributed by atoms with Crippen LogP contribution in [-0.4, -0.2) is 22.4 Å². The zero-order chi connectivity index (χ0) is 21.1. The van der Waals surface area contributed by atoms with Crippen molar-refractivity contribution in [1.29, 1.82) is 0 Å². The van der Waals surface area contributed by atoms with Crippen LogP contribution in [0.5, 0.6) is 0 Å². The summed E-state index contributed by atoms with van der Waals surface area (Å²) < 4.78 is 0. The van der Waals surface area contributed by atoms with Crippen LogP contribution in [0.4, 0.5) is 11.5 Å². The number of rotatable bonds is 6. The van der Waals surface area contributed by atoms with Crippen LogP contribution in [0, 0.1) is 13.8 Å². The van der Waals surface area contributed by atoms with E-state index in [-0.39, 0.29) is 5.91 Å². The molecule has 0 atom stereocenters. The fourth-order valence-electron chi connectivity index (χ4n) is 3.41. The van der Waals surface area contributed by atoms with Gasteiger partial charge in [-0.3, -0.25) is 4.79 Å². The van der Waals surface area contributed by atoms with Gasteiger partial charge in [-0.1, -0.05) is 41.9 Å². The minimum Gasteiger partial charge on any atom is -0.369 e. The predicted octanol–water partition coefficient (Wildman–Crippen LogP) is 6.07. The van der Waals surface area contributed by atoms with Gasteiger partial charge in [-0.2, -0.15) is 0 Å². The zero-order valence-electron chi connectivity index (χ0n) is 16.7. The van der Waals surface area contributed by atoms with E-state index in [0.29, 0.717) is 18.0 Å². The molecular formula is C23H21ClN4OS. The molecule has 0 radical (unpaired) electrons. The summed E-state index contributed by atoms with van der Waals surface area (Å²) in [5.41, 5.74) is 3.98. The number of aryl methyl sites for hydroxylation is 2. The third-order valence-electron chi connectivity index (χ3n) is 4.83. The number of aromatic nitrogens is 2. The van der Waals surface area contributed by atoms with Crippen molar-refractivity contribution < 1.29 is 4.79 Å². The smallest absolute Gasteiger partial charge is 0.226 e. The van der Waals surface area contributed by atoms with Crippen LogP contribution in [0.25, 0.3) is 21.3 Å². The van der Waals surface area contributed by atoms with Crippen molar-refractivity contribution in [3.63, 3.8) is 0 Å². The number of anilines is 2. The van der Waals surface area contributed by atoms with E-state index in [4.69, 9.17) is 11.6 Å². The van der Waals surface area contributed by atoms with Crippen LogP contribution in [0.1, 0.15) is 16.9 Å². The molecule has 0 fully saturated rings. The lowest BCUT2D eigenvalue weighted by atomic mass is 10.0. The summed E-state index contributed by atoms with van der Waals surface area (Å²) in [6, 6.07) is 15.7. The maximum Gasteiger partial charge on any atom is 0.226 e. The van der Waals surface area contributed by atoms with Crippen molar-refractivity contribution in [2.24, 2.45) is 0 Å². The Balaban J connectivity index is 1.50. The van der Waals surface area contributed by atoms with Gasteiger partial charge in [0.1, 0.15) is 17.0 Å². The third kappa shape index (κ3) is 4.30. The Morgan fingerprint density at radius 1 is 1.10 bits per heavy atom. The van der Waals surface area contributed by atoms with Gasteiger partial charge in [-0.05, 0) is 43.2 Å². The van der Waals surface area contributed by atoms with E-state index in [2.05, 4.69) is 39.7 Å². The number of thiophene rings is 1. The largest absolute Gasteiger partial charge is 0.369 e. The number of nitrogens with zero attached hydrogens (tertiary/aromatic N) is 2. The number of benzene rings is 2. The highest BCUT2D eigenvalue weighted by Crippen LogP contribution is 2.40. The number of hydrogen-bond acceptors (Lipinski definition) is 5. The molecule has 1 amide bonds. The lowest BCUT2D eigenvalue weighted by Crippen LogP contribution is -2.17. The highest BCUT2D eigenvalue weighted by atomic mass is 35.5. The third-order valence-corrected chi connectivity index (χ3v) is 6.08. The predicted molar refractivity (Wildman–Crippen MR) is 126 cm³/mol. The quantitative estimate of drug-likeness (QED) is 0.385. The van der Waals surface area contributed by atoms with E-state index < -0.39 is 0 Å². The molecule has 0 spiro atoms. The second-order valence-electron chi connectivity index (χ2n) is 6.99. The molecule has 0 saturated heterocycles. The lowest BCUT2D eigenvalue weighted by Gasteiger charge is -2.11. The monoisotopic (exact) mass is 436 g/mol. The average Bonchev–Trinajstić information content (AvgIpc) is 3.07. The van der Waals surface area contributed by atoms with Gasteiger partial charge in [0.2, 0.25) is 5.91 Å². The Morgan fingerprint density at radius 2 is 1.90 bits per heavy atom. The summed E-state index contributed by atoms with van der Waals surface area (Å²) in [4.78, 5) is 23.4. The first-order chi connectivity index (χ1) is 14.5. The van der Waals surface area contributed by atoms with Gasteiger partial charge >= 0.3 is 0 Å². The molecule has 2 aromatic carbocycles. The summed E-state index contributed by atoms with van der Waals surface area (Å²) in [6.07, 6.45) is 1.88. The van der Waals surface area contributed by atoms with E-state index in [0.717, 1.165) is 38.4 Å². The molecule has 4 aromatic rings. The molecule has 30 heavy (non-hydrogen) atoms. The minimum absolute atomic E-state index is 0.0667. The Morgan fingerprint density at radius 3 is 2.67 bits per heavy atom. The van der Waals surface area contributed by atoms with Crippen molar-refractivity contribution in [2.75, 3.05) is 17.2 Å². The van der Waals surface area contributed by atoms with Crippen LogP contribution in [-0.2, 0) is 4.79 Å². The van der Waals surface area contributed by atoms with Crippen molar-refractivity contribution in [3.05, 3.63) is 70.3 Å². The molecule has 0 bridgehead atoms. The van der Waals surface area contributed by atoms with E-state index in [1.165, 1.54) is 4.88 Å². The standard InChI is InChI=1S/C23H21ClN4OS/c1-14-12-17(24)8-9-18(14)28-19(29)10-11-25-22-21-20(16-6-4-3-5-7-16)15(2)30-23(21)27-13-26-22/h3-9,12-13H,10-11H2,1-2H3,(H,28,29)(H,25,26,27). The first-order valence-electron chi connectivity index (χ1n) is 9.62. The summed E-state index contributed by atoms with van der Waals surface area (Å²) in [5, 5.41) is 7.91. The summed E-state index contributed by atoms with van der Waals surface area (Å²) in [6.45, 7) is 4.48. The van der Waals surface area contributed by atoms with Crippen LogP contribution < -0.4 is 10.6 Å². The first-order valence-corrected chi connectivity index (χ1v) is 10.8. The number of carbonyl (C=O) groups is 1. The fraction of sp³-hybridized carbons (Fsp3) is 0.174. The summed E-state index contributed by atoms with van der Waals surface area (Å²) in [7, 11) is 0. The van der Waals surface area contributed by atoms with Crippen molar-refractivity contribution >= 4 is 50.6 Å². The molecule has 0 aliphatic carbocycles. The topological polar surface area (TPSA) is 66.9 Å². The van der Waals surface area contributed by atoms with Crippen LogP contribution in [0.2, 0.25) is 5.02 Å². The van der Waals surface area contributed by atoms with Gasteiger partial charge in [0, 0.05) is 34.1 Å². The summed E-state index contributed by atoms with van der Waals surface area (Å²) in [5.74, 6) is 0.682. The van der Waals surface area contributed by atoms with E-state index in [9.17, 15) is 4.79 Å². The van der Waals surface area contributed by atoms with Gasteiger partial charge in [0.15, 0.2) is 0 Å². The number of halogens is 1. The van der Waals surface area contributed by atoms with Crippen LogP contribution in [0.3, 0.4) is 0 Å².